The number of ether oxygens (including phenoxy) is 1. The number of aryl methyl sites for hydroxylation is 2. The van der Waals surface area contributed by atoms with Crippen LogP contribution in [-0.4, -0.2) is 51.4 Å². The lowest BCUT2D eigenvalue weighted by atomic mass is 9.97. The molecule has 32 heavy (non-hydrogen) atoms. The zero-order valence-electron chi connectivity index (χ0n) is 18.3. The summed E-state index contributed by atoms with van der Waals surface area (Å²) in [5.74, 6) is 0.975. The molecule has 7 nitrogen and oxygen atoms in total. The summed E-state index contributed by atoms with van der Waals surface area (Å²) in [6.07, 6.45) is 5.88. The van der Waals surface area contributed by atoms with Crippen molar-refractivity contribution in [2.75, 3.05) is 18.8 Å². The van der Waals surface area contributed by atoms with Gasteiger partial charge in [0.2, 0.25) is 5.91 Å². The molecule has 0 aromatic carbocycles. The number of fused-ring (bicyclic) bond motifs is 3. The van der Waals surface area contributed by atoms with Crippen LogP contribution in [0.4, 0.5) is 0 Å². The van der Waals surface area contributed by atoms with Gasteiger partial charge >= 0.3 is 0 Å². The van der Waals surface area contributed by atoms with Crippen molar-refractivity contribution in [1.82, 2.24) is 14.5 Å². The molecule has 0 bridgehead atoms. The van der Waals surface area contributed by atoms with Crippen molar-refractivity contribution in [1.29, 1.82) is 0 Å². The van der Waals surface area contributed by atoms with Crippen LogP contribution in [0.25, 0.3) is 10.2 Å². The van der Waals surface area contributed by atoms with Crippen LogP contribution in [-0.2, 0) is 28.9 Å². The smallest absolute Gasteiger partial charge is 0.263 e. The van der Waals surface area contributed by atoms with Gasteiger partial charge in [0.25, 0.3) is 5.56 Å². The van der Waals surface area contributed by atoms with Crippen molar-refractivity contribution < 1.29 is 13.9 Å². The minimum atomic E-state index is -0.0330. The maximum Gasteiger partial charge on any atom is 0.263 e. The molecule has 170 valence electrons. The van der Waals surface area contributed by atoms with Crippen molar-refractivity contribution >= 4 is 39.2 Å². The summed E-state index contributed by atoms with van der Waals surface area (Å²) in [5, 5.41) is 1.32. The van der Waals surface area contributed by atoms with E-state index in [1.165, 1.54) is 22.2 Å². The largest absolute Gasteiger partial charge is 0.467 e. The highest BCUT2D eigenvalue weighted by Crippen LogP contribution is 2.35. The Balaban J connectivity index is 1.47. The second kappa shape index (κ2) is 9.03. The highest BCUT2D eigenvalue weighted by atomic mass is 32.2. The van der Waals surface area contributed by atoms with Gasteiger partial charge in [0, 0.05) is 18.0 Å². The lowest BCUT2D eigenvalue weighted by Gasteiger charge is -2.35. The third-order valence-electron chi connectivity index (χ3n) is 6.03. The van der Waals surface area contributed by atoms with E-state index in [1.54, 1.807) is 22.2 Å². The lowest BCUT2D eigenvalue weighted by molar-refractivity contribution is -0.140. The molecule has 3 aromatic heterocycles. The molecule has 1 aliphatic heterocycles. The molecular weight excluding hydrogens is 446 g/mol. The minimum Gasteiger partial charge on any atom is -0.467 e. The van der Waals surface area contributed by atoms with Gasteiger partial charge in [0.1, 0.15) is 10.6 Å². The summed E-state index contributed by atoms with van der Waals surface area (Å²) in [7, 11) is 0. The van der Waals surface area contributed by atoms with E-state index in [4.69, 9.17) is 14.1 Å². The highest BCUT2D eigenvalue weighted by molar-refractivity contribution is 7.99. The van der Waals surface area contributed by atoms with E-state index in [9.17, 15) is 9.59 Å². The first-order chi connectivity index (χ1) is 15.5. The predicted octanol–water partition coefficient (Wildman–Crippen LogP) is 3.71. The van der Waals surface area contributed by atoms with Gasteiger partial charge in [-0.2, -0.15) is 0 Å². The molecule has 5 rings (SSSR count). The number of morpholine rings is 1. The summed E-state index contributed by atoms with van der Waals surface area (Å²) >= 11 is 2.97. The second-order valence-corrected chi connectivity index (χ2v) is 10.6. The third-order valence-corrected chi connectivity index (χ3v) is 8.18. The van der Waals surface area contributed by atoms with E-state index in [0.29, 0.717) is 30.6 Å². The van der Waals surface area contributed by atoms with Crippen LogP contribution in [0, 0.1) is 0 Å². The molecule has 1 saturated heterocycles. The highest BCUT2D eigenvalue weighted by Gasteiger charge is 2.27. The molecule has 4 heterocycles. The molecule has 9 heteroatoms. The Morgan fingerprint density at radius 2 is 2.03 bits per heavy atom. The van der Waals surface area contributed by atoms with Crippen LogP contribution in [0.5, 0.6) is 0 Å². The number of hydrogen-bond acceptors (Lipinski definition) is 7. The first kappa shape index (κ1) is 21.7. The fourth-order valence-corrected chi connectivity index (χ4v) is 6.83. The Bertz CT molecular complexity index is 1170. The lowest BCUT2D eigenvalue weighted by Crippen LogP contribution is -2.48. The Morgan fingerprint density at radius 1 is 1.25 bits per heavy atom. The van der Waals surface area contributed by atoms with Crippen molar-refractivity contribution in [3.63, 3.8) is 0 Å². The molecule has 0 saturated carbocycles. The number of aromatic nitrogens is 2. The third kappa shape index (κ3) is 4.25. The van der Waals surface area contributed by atoms with Crippen LogP contribution in [0.1, 0.15) is 42.9 Å². The number of amides is 1. The number of thiophene rings is 1. The van der Waals surface area contributed by atoms with Crippen molar-refractivity contribution in [2.45, 2.75) is 63.4 Å². The predicted molar refractivity (Wildman–Crippen MR) is 126 cm³/mol. The minimum absolute atomic E-state index is 0.0248. The quantitative estimate of drug-likeness (QED) is 0.415. The molecule has 0 N–H and O–H groups in total. The zero-order chi connectivity index (χ0) is 22.2. The first-order valence-electron chi connectivity index (χ1n) is 11.1. The molecular formula is C23H27N3O4S2. The number of nitrogens with zero attached hydrogens (tertiary/aromatic N) is 3. The van der Waals surface area contributed by atoms with Gasteiger partial charge in [-0.05, 0) is 57.2 Å². The van der Waals surface area contributed by atoms with Gasteiger partial charge in [-0.1, -0.05) is 11.8 Å². The van der Waals surface area contributed by atoms with E-state index in [-0.39, 0.29) is 29.4 Å². The summed E-state index contributed by atoms with van der Waals surface area (Å²) in [5.41, 5.74) is 1.14. The number of carbonyl (C=O) groups is 1. The topological polar surface area (TPSA) is 77.6 Å². The molecule has 2 aliphatic rings. The van der Waals surface area contributed by atoms with E-state index >= 15 is 0 Å². The summed E-state index contributed by atoms with van der Waals surface area (Å²) in [6.45, 7) is 5.46. The Morgan fingerprint density at radius 3 is 2.78 bits per heavy atom. The molecule has 2 unspecified atom stereocenters. The van der Waals surface area contributed by atoms with Crippen LogP contribution in [0.15, 0.2) is 32.8 Å². The van der Waals surface area contributed by atoms with Gasteiger partial charge < -0.3 is 14.1 Å². The van der Waals surface area contributed by atoms with E-state index in [1.807, 2.05) is 30.9 Å². The monoisotopic (exact) mass is 473 g/mol. The first-order valence-corrected chi connectivity index (χ1v) is 12.9. The van der Waals surface area contributed by atoms with Gasteiger partial charge in [-0.25, -0.2) is 4.98 Å². The van der Waals surface area contributed by atoms with Crippen molar-refractivity contribution in [3.05, 3.63) is 45.0 Å². The van der Waals surface area contributed by atoms with Crippen LogP contribution in [0.2, 0.25) is 0 Å². The Kier molecular flexibility index (Phi) is 6.14. The molecule has 0 radical (unpaired) electrons. The summed E-state index contributed by atoms with van der Waals surface area (Å²) in [6, 6.07) is 3.67. The molecule has 2 atom stereocenters. The molecule has 1 amide bonds. The maximum atomic E-state index is 13.6. The Labute approximate surface area is 194 Å². The second-order valence-electron chi connectivity index (χ2n) is 8.60. The molecule has 0 spiro atoms. The average molecular weight is 474 g/mol. The van der Waals surface area contributed by atoms with Crippen LogP contribution in [0.3, 0.4) is 0 Å². The number of hydrogen-bond donors (Lipinski definition) is 0. The van der Waals surface area contributed by atoms with Gasteiger partial charge in [0.15, 0.2) is 5.16 Å². The Hall–Kier alpha value is -2.10. The van der Waals surface area contributed by atoms with Gasteiger partial charge in [-0.15, -0.1) is 11.3 Å². The van der Waals surface area contributed by atoms with E-state index in [0.717, 1.165) is 35.9 Å². The average Bonchev–Trinajstić information content (AvgIpc) is 3.41. The SMILES string of the molecule is CC1CN(C(=O)CSc2nc3sc4c(c3c(=O)n2Cc2ccco2)CCCC4)CC(C)O1. The summed E-state index contributed by atoms with van der Waals surface area (Å²) < 4.78 is 12.9. The van der Waals surface area contributed by atoms with Crippen LogP contribution < -0.4 is 5.56 Å². The normalized spacial score (nSPS) is 21.1. The van der Waals surface area contributed by atoms with Crippen molar-refractivity contribution in [3.8, 4) is 0 Å². The summed E-state index contributed by atoms with van der Waals surface area (Å²) in [4.78, 5) is 35.3. The van der Waals surface area contributed by atoms with Gasteiger partial charge in [-0.3, -0.25) is 14.2 Å². The molecule has 3 aromatic rings. The van der Waals surface area contributed by atoms with Crippen molar-refractivity contribution in [2.24, 2.45) is 0 Å². The maximum absolute atomic E-state index is 13.6. The van der Waals surface area contributed by atoms with E-state index < -0.39 is 0 Å². The standard InChI is InChI=1S/C23H27N3O4S2/c1-14-10-25(11-15(2)30-14)19(27)13-31-23-24-21-20(17-7-3-4-8-18(17)32-21)22(28)26(23)12-16-6-5-9-29-16/h5-6,9,14-15H,3-4,7-8,10-13H2,1-2H3. The molecule has 1 aliphatic carbocycles. The number of carbonyl (C=O) groups excluding carboxylic acids is 1. The molecule has 1 fully saturated rings. The fraction of sp³-hybridized carbons (Fsp3) is 0.522. The zero-order valence-corrected chi connectivity index (χ0v) is 20.0. The fourth-order valence-electron chi connectivity index (χ4n) is 4.63. The number of thioether (sulfide) groups is 1. The number of furan rings is 1. The van der Waals surface area contributed by atoms with E-state index in [2.05, 4.69) is 0 Å². The van der Waals surface area contributed by atoms with Crippen LogP contribution >= 0.6 is 23.1 Å². The number of rotatable bonds is 5. The van der Waals surface area contributed by atoms with Gasteiger partial charge in [0.05, 0.1) is 36.2 Å².